The number of aliphatic carboxylic acids is 1. The largest absolute Gasteiger partial charge is 0.480 e. The van der Waals surface area contributed by atoms with E-state index >= 15 is 0 Å². The highest BCUT2D eigenvalue weighted by atomic mass is 16.4. The fourth-order valence-electron chi connectivity index (χ4n) is 2.87. The van der Waals surface area contributed by atoms with Gasteiger partial charge in [0.25, 0.3) is 0 Å². The molecule has 1 heterocycles. The van der Waals surface area contributed by atoms with Gasteiger partial charge in [-0.1, -0.05) is 12.1 Å². The summed E-state index contributed by atoms with van der Waals surface area (Å²) in [6.07, 6.45) is 0.360. The van der Waals surface area contributed by atoms with Gasteiger partial charge in [0.05, 0.1) is 0 Å². The molecule has 0 spiro atoms. The number of likely N-dealkylation sites (N-methyl/N-ethyl adjacent to an activating group) is 1. The van der Waals surface area contributed by atoms with Gasteiger partial charge in [0.1, 0.15) is 6.04 Å². The summed E-state index contributed by atoms with van der Waals surface area (Å²) < 4.78 is 0. The van der Waals surface area contributed by atoms with Crippen molar-refractivity contribution in [1.82, 2.24) is 9.80 Å². The molecule has 1 aliphatic heterocycles. The molecule has 24 heavy (non-hydrogen) atoms. The molecular formula is C18H27N3O3. The first-order valence-corrected chi connectivity index (χ1v) is 8.41. The van der Waals surface area contributed by atoms with E-state index in [4.69, 9.17) is 5.11 Å². The maximum Gasteiger partial charge on any atom is 0.326 e. The first kappa shape index (κ1) is 18.3. The van der Waals surface area contributed by atoms with Crippen LogP contribution >= 0.6 is 0 Å². The van der Waals surface area contributed by atoms with Crippen LogP contribution in [0.4, 0.5) is 5.69 Å². The van der Waals surface area contributed by atoms with Gasteiger partial charge in [0, 0.05) is 51.9 Å². The van der Waals surface area contributed by atoms with E-state index in [1.807, 2.05) is 0 Å². The minimum Gasteiger partial charge on any atom is -0.480 e. The Morgan fingerprint density at radius 3 is 2.50 bits per heavy atom. The third kappa shape index (κ3) is 4.71. The van der Waals surface area contributed by atoms with Crippen molar-refractivity contribution in [3.05, 3.63) is 29.8 Å². The molecule has 0 aromatic heterocycles. The van der Waals surface area contributed by atoms with Crippen LogP contribution in [0.1, 0.15) is 18.9 Å². The number of rotatable bonds is 6. The second-order valence-corrected chi connectivity index (χ2v) is 6.44. The molecule has 6 heteroatoms. The van der Waals surface area contributed by atoms with Gasteiger partial charge in [0.15, 0.2) is 0 Å². The predicted octanol–water partition coefficient (Wildman–Crippen LogP) is 1.44. The van der Waals surface area contributed by atoms with Crippen molar-refractivity contribution >= 4 is 17.6 Å². The number of aryl methyl sites for hydroxylation is 1. The molecule has 1 N–H and O–H groups in total. The molecule has 0 saturated carbocycles. The van der Waals surface area contributed by atoms with Crippen molar-refractivity contribution in [3.63, 3.8) is 0 Å². The lowest BCUT2D eigenvalue weighted by Crippen LogP contribution is -2.48. The third-order valence-corrected chi connectivity index (χ3v) is 4.71. The molecule has 132 valence electrons. The van der Waals surface area contributed by atoms with Gasteiger partial charge < -0.3 is 14.9 Å². The van der Waals surface area contributed by atoms with Gasteiger partial charge in [-0.15, -0.1) is 0 Å². The Morgan fingerprint density at radius 2 is 1.92 bits per heavy atom. The van der Waals surface area contributed by atoms with E-state index in [-0.39, 0.29) is 5.91 Å². The van der Waals surface area contributed by atoms with E-state index < -0.39 is 12.0 Å². The lowest BCUT2D eigenvalue weighted by atomic mass is 10.2. The first-order chi connectivity index (χ1) is 11.4. The van der Waals surface area contributed by atoms with Crippen LogP contribution in [-0.4, -0.2) is 72.6 Å². The lowest BCUT2D eigenvalue weighted by molar-refractivity contribution is -0.148. The Balaban J connectivity index is 1.77. The molecule has 1 unspecified atom stereocenters. The van der Waals surface area contributed by atoms with E-state index in [0.717, 1.165) is 26.2 Å². The molecule has 1 amide bonds. The summed E-state index contributed by atoms with van der Waals surface area (Å²) in [5, 5.41) is 8.97. The van der Waals surface area contributed by atoms with E-state index in [0.29, 0.717) is 13.0 Å². The maximum atomic E-state index is 12.1. The smallest absolute Gasteiger partial charge is 0.326 e. The fraction of sp³-hybridized carbons (Fsp3) is 0.556. The van der Waals surface area contributed by atoms with E-state index in [1.54, 1.807) is 7.05 Å². The molecule has 1 aromatic rings. The predicted molar refractivity (Wildman–Crippen MR) is 94.3 cm³/mol. The highest BCUT2D eigenvalue weighted by Crippen LogP contribution is 2.17. The summed E-state index contributed by atoms with van der Waals surface area (Å²) in [4.78, 5) is 29.0. The Hall–Kier alpha value is -2.08. The number of benzene rings is 1. The molecule has 6 nitrogen and oxygen atoms in total. The number of carbonyl (C=O) groups is 2. The molecule has 1 saturated heterocycles. The summed E-state index contributed by atoms with van der Waals surface area (Å²) in [7, 11) is 1.55. The minimum atomic E-state index is -0.974. The van der Waals surface area contributed by atoms with Crippen LogP contribution in [0, 0.1) is 6.92 Å². The average molecular weight is 333 g/mol. The topological polar surface area (TPSA) is 64.1 Å². The van der Waals surface area contributed by atoms with Crippen molar-refractivity contribution in [2.75, 3.05) is 44.7 Å². The van der Waals surface area contributed by atoms with Crippen molar-refractivity contribution in [3.8, 4) is 0 Å². The molecule has 0 radical (unpaired) electrons. The average Bonchev–Trinajstić information content (AvgIpc) is 2.58. The SMILES string of the molecule is Cc1cccc(N2CCN(CCC(=O)N(C)C(C)C(=O)O)CC2)c1. The standard InChI is InChI=1S/C18H27N3O3/c1-14-5-4-6-16(13-14)21-11-9-20(10-12-21)8-7-17(22)19(3)15(2)18(23)24/h4-6,13,15H,7-12H2,1-3H3,(H,23,24). The van der Waals surface area contributed by atoms with Crippen LogP contribution in [0.5, 0.6) is 0 Å². The molecule has 2 rings (SSSR count). The number of amides is 1. The fourth-order valence-corrected chi connectivity index (χ4v) is 2.87. The number of hydrogen-bond acceptors (Lipinski definition) is 4. The quantitative estimate of drug-likeness (QED) is 0.853. The van der Waals surface area contributed by atoms with E-state index in [1.165, 1.54) is 23.1 Å². The summed E-state index contributed by atoms with van der Waals surface area (Å²) in [5.41, 5.74) is 2.51. The summed E-state index contributed by atoms with van der Waals surface area (Å²) in [6, 6.07) is 7.72. The van der Waals surface area contributed by atoms with E-state index in [2.05, 4.69) is 41.0 Å². The minimum absolute atomic E-state index is 0.119. The number of hydrogen-bond donors (Lipinski definition) is 1. The van der Waals surface area contributed by atoms with E-state index in [9.17, 15) is 9.59 Å². The number of nitrogens with zero attached hydrogens (tertiary/aromatic N) is 3. The Kier molecular flexibility index (Phi) is 6.20. The van der Waals surface area contributed by atoms with Crippen LogP contribution in [-0.2, 0) is 9.59 Å². The molecule has 0 aliphatic carbocycles. The lowest BCUT2D eigenvalue weighted by Gasteiger charge is -2.36. The van der Waals surface area contributed by atoms with Crippen LogP contribution < -0.4 is 4.90 Å². The van der Waals surface area contributed by atoms with Crippen molar-refractivity contribution < 1.29 is 14.7 Å². The molecule has 0 bridgehead atoms. The third-order valence-electron chi connectivity index (χ3n) is 4.71. The highest BCUT2D eigenvalue weighted by molar-refractivity contribution is 5.83. The number of carboxylic acids is 1. The zero-order valence-electron chi connectivity index (χ0n) is 14.7. The van der Waals surface area contributed by atoms with Gasteiger partial charge in [0.2, 0.25) is 5.91 Å². The molecule has 1 aromatic carbocycles. The van der Waals surface area contributed by atoms with Crippen LogP contribution in [0.15, 0.2) is 24.3 Å². The normalized spacial score (nSPS) is 16.7. The van der Waals surface area contributed by atoms with Gasteiger partial charge in [-0.25, -0.2) is 4.79 Å². The Morgan fingerprint density at radius 1 is 1.25 bits per heavy atom. The van der Waals surface area contributed by atoms with Gasteiger partial charge >= 0.3 is 5.97 Å². The second kappa shape index (κ2) is 8.15. The van der Waals surface area contributed by atoms with Gasteiger partial charge in [-0.2, -0.15) is 0 Å². The maximum absolute atomic E-state index is 12.1. The highest BCUT2D eigenvalue weighted by Gasteiger charge is 2.23. The summed E-state index contributed by atoms with van der Waals surface area (Å²) in [5.74, 6) is -1.09. The molecule has 1 atom stereocenters. The summed E-state index contributed by atoms with van der Waals surface area (Å²) in [6.45, 7) is 8.02. The van der Waals surface area contributed by atoms with Crippen molar-refractivity contribution in [2.45, 2.75) is 26.3 Å². The number of carbonyl (C=O) groups excluding carboxylic acids is 1. The molecule has 1 aliphatic rings. The first-order valence-electron chi connectivity index (χ1n) is 8.41. The summed E-state index contributed by atoms with van der Waals surface area (Å²) >= 11 is 0. The van der Waals surface area contributed by atoms with Crippen LogP contribution in [0.3, 0.4) is 0 Å². The number of piperazine rings is 1. The molecule has 1 fully saturated rings. The molecular weight excluding hydrogens is 306 g/mol. The second-order valence-electron chi connectivity index (χ2n) is 6.44. The Bertz CT molecular complexity index is 583. The number of anilines is 1. The van der Waals surface area contributed by atoms with Crippen LogP contribution in [0.25, 0.3) is 0 Å². The monoisotopic (exact) mass is 333 g/mol. The van der Waals surface area contributed by atoms with Gasteiger partial charge in [-0.05, 0) is 31.5 Å². The number of carboxylic acid groups (broad SMARTS) is 1. The van der Waals surface area contributed by atoms with Crippen molar-refractivity contribution in [2.24, 2.45) is 0 Å². The Labute approximate surface area is 143 Å². The van der Waals surface area contributed by atoms with Crippen molar-refractivity contribution in [1.29, 1.82) is 0 Å². The zero-order valence-corrected chi connectivity index (χ0v) is 14.7. The van der Waals surface area contributed by atoms with Gasteiger partial charge in [-0.3, -0.25) is 9.69 Å². The van der Waals surface area contributed by atoms with Crippen LogP contribution in [0.2, 0.25) is 0 Å². The zero-order chi connectivity index (χ0) is 17.7.